The summed E-state index contributed by atoms with van der Waals surface area (Å²) >= 11 is 1.35. The molecule has 30 N–H and O–H groups in total. The number of hydrogen-bond acceptors (Lipinski definition) is 21. The van der Waals surface area contributed by atoms with Crippen molar-refractivity contribution in [2.75, 3.05) is 44.7 Å². The number of hydrogen-bond donors (Lipinski definition) is 25. The molecular formula is C80H112N24O16S. The van der Waals surface area contributed by atoms with E-state index in [1.165, 1.54) is 36.4 Å². The number of fused-ring (bicyclic) bond motifs is 1. The third-order valence-electron chi connectivity index (χ3n) is 19.1. The fraction of sp³-hybridized carbons (Fsp3) is 0.438. The normalized spacial score (nSPS) is 13.8. The van der Waals surface area contributed by atoms with E-state index in [4.69, 9.17) is 39.5 Å². The van der Waals surface area contributed by atoms with Gasteiger partial charge in [-0.25, -0.2) is 4.98 Å². The maximum atomic E-state index is 15.2. The van der Waals surface area contributed by atoms with Gasteiger partial charge in [0.1, 0.15) is 66.2 Å². The van der Waals surface area contributed by atoms with Crippen LogP contribution in [0.25, 0.3) is 10.9 Å². The summed E-state index contributed by atoms with van der Waals surface area (Å²) in [5.41, 5.74) is 31.2. The van der Waals surface area contributed by atoms with Crippen LogP contribution in [0.15, 0.2) is 128 Å². The molecule has 40 nitrogen and oxygen atoms in total. The van der Waals surface area contributed by atoms with Gasteiger partial charge in [0.2, 0.25) is 76.8 Å². The number of aromatic hydroxyl groups is 1. The van der Waals surface area contributed by atoms with Crippen molar-refractivity contribution < 1.29 is 77.3 Å². The van der Waals surface area contributed by atoms with Crippen molar-refractivity contribution in [2.45, 2.75) is 170 Å². The number of aromatic amines is 2. The zero-order valence-corrected chi connectivity index (χ0v) is 68.4. The number of imidazole rings is 1. The number of carbonyl (C=O) groups excluding carboxylic acids is 13. The number of carbonyl (C=O) groups is 14. The Labute approximate surface area is 702 Å². The second-order valence-electron chi connectivity index (χ2n) is 29.1. The van der Waals surface area contributed by atoms with Crippen molar-refractivity contribution in [3.8, 4) is 5.75 Å². The zero-order chi connectivity index (χ0) is 88.5. The summed E-state index contributed by atoms with van der Waals surface area (Å²) in [6, 6.07) is 13.4. The number of H-pyrrole nitrogens is 2. The SMILES string of the molecule is CSCC[C@H](NC(=O)[C@@H](NC(=O)[C@H](Cc1ccc(O)cc1)NC(=O)[C@@H](N)CCCCN)C(C)C)C(=O)NCC(=O)N[C@@H](Cc1c[nH]cn1)C(=O)N[C@@H](Cc1ccccc1)C(=O)N[C@@H](CCCNC(=N)N)C(=O)N[C@@H](Cc1c[nH]c2ccccc12)C(=O)N[C@@H](CC(=O)O)C(=O)N[C@@H](CCCNC(=N)N)C(=O)N[C@@H](Cc1ccccc1)C(=O)NCC(N)=O. The number of primary amides is 1. The van der Waals surface area contributed by atoms with Crippen LogP contribution in [0.4, 0.5) is 0 Å². The van der Waals surface area contributed by atoms with Crippen LogP contribution in [0.1, 0.15) is 99.6 Å². The highest BCUT2D eigenvalue weighted by Gasteiger charge is 2.38. The summed E-state index contributed by atoms with van der Waals surface area (Å²) in [6.07, 6.45) is 4.92. The molecule has 0 saturated heterocycles. The molecule has 0 saturated carbocycles. The monoisotopic (exact) mass is 1700 g/mol. The molecular weight excluding hydrogens is 1590 g/mol. The van der Waals surface area contributed by atoms with Gasteiger partial charge in [-0.3, -0.25) is 77.9 Å². The molecule has 0 fully saturated rings. The van der Waals surface area contributed by atoms with Crippen molar-refractivity contribution in [2.24, 2.45) is 34.6 Å². The third kappa shape index (κ3) is 34.4. The number of rotatable bonds is 53. The molecule has 0 aliphatic heterocycles. The van der Waals surface area contributed by atoms with E-state index in [0.29, 0.717) is 58.3 Å². The molecule has 13 amide bonds. The number of aromatic nitrogens is 3. The van der Waals surface area contributed by atoms with Gasteiger partial charge in [-0.2, -0.15) is 11.8 Å². The van der Waals surface area contributed by atoms with Crippen LogP contribution in [0.5, 0.6) is 5.75 Å². The van der Waals surface area contributed by atoms with Gasteiger partial charge in [-0.1, -0.05) is 111 Å². The molecule has 2 aromatic heterocycles. The predicted octanol–water partition coefficient (Wildman–Crippen LogP) is -3.46. The Morgan fingerprint density at radius 2 is 0.909 bits per heavy atom. The molecule has 0 radical (unpaired) electrons. The quantitative estimate of drug-likeness (QED) is 0.0100. The largest absolute Gasteiger partial charge is 0.508 e. The lowest BCUT2D eigenvalue weighted by molar-refractivity contribution is -0.141. The lowest BCUT2D eigenvalue weighted by Crippen LogP contribution is -2.61. The minimum atomic E-state index is -2.00. The van der Waals surface area contributed by atoms with Gasteiger partial charge < -0.3 is 123 Å². The summed E-state index contributed by atoms with van der Waals surface area (Å²) in [4.78, 5) is 208. The number of carboxylic acid groups (broad SMARTS) is 1. The molecule has 4 aromatic carbocycles. The minimum Gasteiger partial charge on any atom is -0.508 e. The van der Waals surface area contributed by atoms with E-state index >= 15 is 14.4 Å². The first kappa shape index (κ1) is 96.7. The Morgan fingerprint density at radius 3 is 1.42 bits per heavy atom. The molecule has 0 aliphatic carbocycles. The maximum absolute atomic E-state index is 15.2. The Morgan fingerprint density at radius 1 is 0.463 bits per heavy atom. The van der Waals surface area contributed by atoms with Crippen molar-refractivity contribution >= 4 is 117 Å². The standard InChI is InChI=1S/C80H112N24O16S/c1-45(2)67(104-77(119)60(36-48-25-27-51(105)28-26-48)99-68(110)53(82)21-12-13-30-81)78(120)98-57(29-33-121-3)69(111)93-43-65(107)95-62(38-50-41-88-44-94-50)75(117)101-59(35-47-18-8-5-9-19-47)73(115)96-56(24-15-32-90-80(86)87)72(114)102-61(37-49-40-91-54-22-11-10-20-52(49)54)74(116)103-63(39-66(108)109)76(118)97-55(23-14-31-89-79(84)85)71(113)100-58(70(112)92-42-64(83)106)34-46-16-6-4-7-17-46/h4-11,16-20,22,25-28,40-41,44-45,53,55-63,67,91,105H,12-15,21,23-24,29-39,42-43,81-82H2,1-3H3,(H2,83,106)(H,88,94)(H,92,112)(H,93,111)(H,95,107)(H,96,115)(H,97,118)(H,98,120)(H,99,110)(H,100,113)(H,101,117)(H,102,114)(H,103,116)(H,104,119)(H,108,109)(H4,84,85,89)(H4,86,87,90)/t53-,55-,56-,57-,58-,59-,60-,61-,62-,63-,67-/m0/s1. The molecule has 41 heteroatoms. The molecule has 121 heavy (non-hydrogen) atoms. The fourth-order valence-electron chi connectivity index (χ4n) is 12.7. The number of unbranched alkanes of at least 4 members (excludes halogenated alkanes) is 1. The highest BCUT2D eigenvalue weighted by atomic mass is 32.2. The van der Waals surface area contributed by atoms with E-state index in [0.717, 1.165) is 0 Å². The average molecular weight is 1700 g/mol. The van der Waals surface area contributed by atoms with Gasteiger partial charge in [0.05, 0.1) is 37.6 Å². The van der Waals surface area contributed by atoms with Crippen LogP contribution in [0, 0.1) is 16.7 Å². The average Bonchev–Trinajstić information content (AvgIpc) is 1.68. The smallest absolute Gasteiger partial charge is 0.305 e. The van der Waals surface area contributed by atoms with E-state index in [1.54, 1.807) is 123 Å². The van der Waals surface area contributed by atoms with Gasteiger partial charge >= 0.3 is 5.97 Å². The number of guanidine groups is 2. The van der Waals surface area contributed by atoms with Crippen LogP contribution in [0.3, 0.4) is 0 Å². The number of aliphatic carboxylic acids is 1. The molecule has 6 rings (SSSR count). The number of phenolic OH excluding ortho intramolecular Hbond substituents is 1. The first-order chi connectivity index (χ1) is 57.8. The topological polar surface area (TPSA) is 670 Å². The molecule has 0 bridgehead atoms. The second-order valence-corrected chi connectivity index (χ2v) is 30.0. The number of nitrogens with two attached hydrogens (primary N) is 5. The number of para-hydroxylation sites is 1. The van der Waals surface area contributed by atoms with Crippen molar-refractivity contribution in [3.63, 3.8) is 0 Å². The second kappa shape index (κ2) is 50.6. The van der Waals surface area contributed by atoms with Crippen molar-refractivity contribution in [3.05, 3.63) is 156 Å². The van der Waals surface area contributed by atoms with Crippen LogP contribution in [-0.4, -0.2) is 231 Å². The Kier molecular flexibility index (Phi) is 40.4. The van der Waals surface area contributed by atoms with Crippen LogP contribution < -0.4 is 103 Å². The van der Waals surface area contributed by atoms with Gasteiger partial charge in [0.25, 0.3) is 0 Å². The van der Waals surface area contributed by atoms with Crippen molar-refractivity contribution in [1.29, 1.82) is 10.8 Å². The number of benzene rings is 4. The zero-order valence-electron chi connectivity index (χ0n) is 67.5. The van der Waals surface area contributed by atoms with Crippen molar-refractivity contribution in [1.82, 2.24) is 89.4 Å². The van der Waals surface area contributed by atoms with E-state index in [9.17, 15) is 63.0 Å². The van der Waals surface area contributed by atoms with Crippen LogP contribution >= 0.6 is 11.8 Å². The molecule has 0 unspecified atom stereocenters. The molecule has 0 spiro atoms. The molecule has 2 heterocycles. The summed E-state index contributed by atoms with van der Waals surface area (Å²) < 4.78 is 0. The molecule has 6 aromatic rings. The minimum absolute atomic E-state index is 0.00531. The summed E-state index contributed by atoms with van der Waals surface area (Å²) in [5.74, 6) is -14.7. The van der Waals surface area contributed by atoms with Crippen LogP contribution in [0.2, 0.25) is 0 Å². The molecule has 0 aliphatic rings. The number of thioether (sulfide) groups is 1. The third-order valence-corrected chi connectivity index (χ3v) is 19.7. The van der Waals surface area contributed by atoms with E-state index in [2.05, 4.69) is 89.4 Å². The lowest BCUT2D eigenvalue weighted by atomic mass is 10.00. The molecule has 654 valence electrons. The van der Waals surface area contributed by atoms with Gasteiger partial charge in [-0.15, -0.1) is 0 Å². The van der Waals surface area contributed by atoms with E-state index in [1.807, 2.05) is 0 Å². The van der Waals surface area contributed by atoms with Gasteiger partial charge in [0.15, 0.2) is 11.9 Å². The number of amides is 13. The molecule has 11 atom stereocenters. The van der Waals surface area contributed by atoms with Gasteiger partial charge in [-0.05, 0) is 110 Å². The summed E-state index contributed by atoms with van der Waals surface area (Å²) in [5, 5.41) is 72.7. The number of carboxylic acids is 1. The highest BCUT2D eigenvalue weighted by Crippen LogP contribution is 2.21. The lowest BCUT2D eigenvalue weighted by Gasteiger charge is -2.28. The Balaban J connectivity index is 1.25. The number of nitrogens with zero attached hydrogens (tertiary/aromatic N) is 1. The predicted molar refractivity (Wildman–Crippen MR) is 450 cm³/mol. The summed E-state index contributed by atoms with van der Waals surface area (Å²) in [6.45, 7) is 2.29. The van der Waals surface area contributed by atoms with Gasteiger partial charge in [0, 0.05) is 68.5 Å². The number of nitrogens with one attached hydrogen (secondary N) is 18. The van der Waals surface area contributed by atoms with Crippen LogP contribution in [-0.2, 0) is 99.2 Å². The fourth-order valence-corrected chi connectivity index (χ4v) is 13.1. The first-order valence-corrected chi connectivity index (χ1v) is 40.8. The highest BCUT2D eigenvalue weighted by molar-refractivity contribution is 7.98. The van der Waals surface area contributed by atoms with E-state index < -0.39 is 187 Å². The Hall–Kier alpha value is -13.2. The summed E-state index contributed by atoms with van der Waals surface area (Å²) in [7, 11) is 0. The maximum Gasteiger partial charge on any atom is 0.305 e. The number of phenols is 1. The van der Waals surface area contributed by atoms with E-state index in [-0.39, 0.29) is 95.2 Å². The first-order valence-electron chi connectivity index (χ1n) is 39.4. The Bertz CT molecular complexity index is 4470.